The van der Waals surface area contributed by atoms with Crippen molar-refractivity contribution in [2.75, 3.05) is 11.9 Å². The molecule has 0 aliphatic heterocycles. The number of carboxylic acids is 1. The molecule has 0 saturated heterocycles. The van der Waals surface area contributed by atoms with Gasteiger partial charge >= 0.3 is 5.97 Å². The van der Waals surface area contributed by atoms with Crippen LogP contribution >= 0.6 is 0 Å². The van der Waals surface area contributed by atoms with E-state index in [0.29, 0.717) is 5.82 Å². The van der Waals surface area contributed by atoms with Crippen LogP contribution in [0.3, 0.4) is 0 Å². The zero-order valence-corrected chi connectivity index (χ0v) is 12.6. The highest BCUT2D eigenvalue weighted by atomic mass is 16.4. The normalized spacial score (nSPS) is 17.4. The minimum absolute atomic E-state index is 0.0507. The highest BCUT2D eigenvalue weighted by molar-refractivity contribution is 5.88. The predicted molar refractivity (Wildman–Crippen MR) is 81.7 cm³/mol. The number of carbonyl (C=O) groups is 1. The predicted octanol–water partition coefficient (Wildman–Crippen LogP) is 2.84. The SMILES string of the molecule is CCCc1cc(C(=O)O)cc(NC2(CO)CCCCC2)n1. The second-order valence-corrected chi connectivity index (χ2v) is 5.91. The van der Waals surface area contributed by atoms with E-state index in [-0.39, 0.29) is 17.7 Å². The molecule has 21 heavy (non-hydrogen) atoms. The first kappa shape index (κ1) is 15.8. The molecular weight excluding hydrogens is 268 g/mol. The maximum absolute atomic E-state index is 11.2. The number of aromatic carboxylic acids is 1. The maximum Gasteiger partial charge on any atom is 0.335 e. The van der Waals surface area contributed by atoms with Gasteiger partial charge < -0.3 is 15.5 Å². The van der Waals surface area contributed by atoms with Crippen molar-refractivity contribution < 1.29 is 15.0 Å². The van der Waals surface area contributed by atoms with Gasteiger partial charge in [-0.15, -0.1) is 0 Å². The number of nitrogens with one attached hydrogen (secondary N) is 1. The summed E-state index contributed by atoms with van der Waals surface area (Å²) in [5.41, 5.74) is 0.676. The zero-order chi connectivity index (χ0) is 15.3. The van der Waals surface area contributed by atoms with E-state index in [1.807, 2.05) is 6.92 Å². The molecule has 1 aliphatic rings. The van der Waals surface area contributed by atoms with Crippen molar-refractivity contribution >= 4 is 11.8 Å². The van der Waals surface area contributed by atoms with Gasteiger partial charge in [0.05, 0.1) is 17.7 Å². The van der Waals surface area contributed by atoms with Crippen LogP contribution in [-0.2, 0) is 6.42 Å². The Balaban J connectivity index is 2.26. The fourth-order valence-corrected chi connectivity index (χ4v) is 2.98. The van der Waals surface area contributed by atoms with Crippen molar-refractivity contribution in [2.45, 2.75) is 57.4 Å². The highest BCUT2D eigenvalue weighted by Gasteiger charge is 2.31. The Kier molecular flexibility index (Phi) is 5.17. The lowest BCUT2D eigenvalue weighted by molar-refractivity contribution is 0.0696. The van der Waals surface area contributed by atoms with E-state index in [0.717, 1.165) is 44.2 Å². The Morgan fingerprint density at radius 3 is 2.62 bits per heavy atom. The first-order chi connectivity index (χ1) is 10.1. The fraction of sp³-hybridized carbons (Fsp3) is 0.625. The van der Waals surface area contributed by atoms with Gasteiger partial charge in [0.15, 0.2) is 0 Å². The average Bonchev–Trinajstić information content (AvgIpc) is 2.48. The number of aliphatic hydroxyl groups is 1. The molecule has 1 aromatic heterocycles. The molecule has 0 aromatic carbocycles. The van der Waals surface area contributed by atoms with Crippen LogP contribution in [0.4, 0.5) is 5.82 Å². The van der Waals surface area contributed by atoms with E-state index in [1.165, 1.54) is 6.42 Å². The van der Waals surface area contributed by atoms with Crippen LogP contribution in [0, 0.1) is 0 Å². The Morgan fingerprint density at radius 1 is 1.33 bits per heavy atom. The molecule has 1 heterocycles. The van der Waals surface area contributed by atoms with Crippen molar-refractivity contribution in [2.24, 2.45) is 0 Å². The third-order valence-electron chi connectivity index (χ3n) is 4.14. The second kappa shape index (κ2) is 6.89. The molecule has 0 radical (unpaired) electrons. The maximum atomic E-state index is 11.2. The third-order valence-corrected chi connectivity index (χ3v) is 4.14. The van der Waals surface area contributed by atoms with E-state index in [4.69, 9.17) is 0 Å². The minimum Gasteiger partial charge on any atom is -0.478 e. The smallest absolute Gasteiger partial charge is 0.335 e. The van der Waals surface area contributed by atoms with Gasteiger partial charge in [0.1, 0.15) is 5.82 Å². The first-order valence-corrected chi connectivity index (χ1v) is 7.72. The monoisotopic (exact) mass is 292 g/mol. The molecule has 3 N–H and O–H groups in total. The number of aromatic nitrogens is 1. The van der Waals surface area contributed by atoms with Crippen LogP contribution in [-0.4, -0.2) is 33.3 Å². The quantitative estimate of drug-likeness (QED) is 0.751. The molecule has 0 unspecified atom stereocenters. The molecule has 116 valence electrons. The standard InChI is InChI=1S/C16H24N2O3/c1-2-6-13-9-12(15(20)21)10-14(17-13)18-16(11-19)7-4-3-5-8-16/h9-10,19H,2-8,11H2,1H3,(H,17,18)(H,20,21). The van der Waals surface area contributed by atoms with Gasteiger partial charge in [0.2, 0.25) is 0 Å². The van der Waals surface area contributed by atoms with Gasteiger partial charge in [-0.3, -0.25) is 0 Å². The van der Waals surface area contributed by atoms with Crippen LogP contribution < -0.4 is 5.32 Å². The molecule has 0 atom stereocenters. The average molecular weight is 292 g/mol. The molecule has 5 heteroatoms. The highest BCUT2D eigenvalue weighted by Crippen LogP contribution is 2.31. The largest absolute Gasteiger partial charge is 0.478 e. The van der Waals surface area contributed by atoms with E-state index >= 15 is 0 Å². The number of aliphatic hydroxyl groups excluding tert-OH is 1. The van der Waals surface area contributed by atoms with Gasteiger partial charge in [-0.1, -0.05) is 32.6 Å². The zero-order valence-electron chi connectivity index (χ0n) is 12.6. The van der Waals surface area contributed by atoms with Gasteiger partial charge in [0, 0.05) is 5.69 Å². The molecule has 0 amide bonds. The Hall–Kier alpha value is -1.62. The summed E-state index contributed by atoms with van der Waals surface area (Å²) in [6.07, 6.45) is 6.80. The lowest BCUT2D eigenvalue weighted by atomic mass is 9.82. The molecule has 1 aromatic rings. The molecular formula is C16H24N2O3. The number of aryl methyl sites for hydroxylation is 1. The second-order valence-electron chi connectivity index (χ2n) is 5.91. The Labute approximate surface area is 125 Å². The molecule has 1 aliphatic carbocycles. The summed E-state index contributed by atoms with van der Waals surface area (Å²) < 4.78 is 0. The summed E-state index contributed by atoms with van der Waals surface area (Å²) in [7, 11) is 0. The summed E-state index contributed by atoms with van der Waals surface area (Å²) in [6, 6.07) is 3.19. The number of carboxylic acid groups (broad SMARTS) is 1. The van der Waals surface area contributed by atoms with Crippen LogP contribution in [0.5, 0.6) is 0 Å². The van der Waals surface area contributed by atoms with E-state index < -0.39 is 5.97 Å². The molecule has 0 spiro atoms. The lowest BCUT2D eigenvalue weighted by Gasteiger charge is -2.37. The lowest BCUT2D eigenvalue weighted by Crippen LogP contribution is -2.44. The fourth-order valence-electron chi connectivity index (χ4n) is 2.98. The van der Waals surface area contributed by atoms with Crippen molar-refractivity contribution in [3.63, 3.8) is 0 Å². The van der Waals surface area contributed by atoms with E-state index in [9.17, 15) is 15.0 Å². The van der Waals surface area contributed by atoms with Crippen molar-refractivity contribution in [3.05, 3.63) is 23.4 Å². The van der Waals surface area contributed by atoms with E-state index in [1.54, 1.807) is 12.1 Å². The summed E-state index contributed by atoms with van der Waals surface area (Å²) in [4.78, 5) is 15.8. The molecule has 1 fully saturated rings. The molecule has 5 nitrogen and oxygen atoms in total. The van der Waals surface area contributed by atoms with Crippen molar-refractivity contribution in [3.8, 4) is 0 Å². The van der Waals surface area contributed by atoms with E-state index in [2.05, 4.69) is 10.3 Å². The van der Waals surface area contributed by atoms with Crippen LogP contribution in [0.25, 0.3) is 0 Å². The van der Waals surface area contributed by atoms with Gasteiger partial charge in [-0.2, -0.15) is 0 Å². The van der Waals surface area contributed by atoms with Gasteiger partial charge in [0.25, 0.3) is 0 Å². The number of hydrogen-bond acceptors (Lipinski definition) is 4. The number of hydrogen-bond donors (Lipinski definition) is 3. The first-order valence-electron chi connectivity index (χ1n) is 7.72. The number of anilines is 1. The summed E-state index contributed by atoms with van der Waals surface area (Å²) in [6.45, 7) is 2.09. The molecule has 1 saturated carbocycles. The van der Waals surface area contributed by atoms with Crippen LogP contribution in [0.15, 0.2) is 12.1 Å². The van der Waals surface area contributed by atoms with Gasteiger partial charge in [-0.05, 0) is 31.4 Å². The van der Waals surface area contributed by atoms with Crippen LogP contribution in [0.1, 0.15) is 61.5 Å². The Morgan fingerprint density at radius 2 is 2.05 bits per heavy atom. The molecule has 2 rings (SSSR count). The third kappa shape index (κ3) is 3.94. The number of nitrogens with zero attached hydrogens (tertiary/aromatic N) is 1. The topological polar surface area (TPSA) is 82.5 Å². The number of rotatable bonds is 6. The van der Waals surface area contributed by atoms with Crippen molar-refractivity contribution in [1.82, 2.24) is 4.98 Å². The summed E-state index contributed by atoms with van der Waals surface area (Å²) in [5.74, 6) is -0.381. The molecule has 0 bridgehead atoms. The number of pyridine rings is 1. The van der Waals surface area contributed by atoms with Gasteiger partial charge in [-0.25, -0.2) is 9.78 Å². The Bertz CT molecular complexity index is 496. The summed E-state index contributed by atoms with van der Waals surface area (Å²) >= 11 is 0. The minimum atomic E-state index is -0.945. The van der Waals surface area contributed by atoms with Crippen LogP contribution in [0.2, 0.25) is 0 Å². The van der Waals surface area contributed by atoms with Crippen molar-refractivity contribution in [1.29, 1.82) is 0 Å². The summed E-state index contributed by atoms with van der Waals surface area (Å²) in [5, 5.41) is 22.3.